The summed E-state index contributed by atoms with van der Waals surface area (Å²) >= 11 is 3.18. The molecule has 0 unspecified atom stereocenters. The first-order valence-electron chi connectivity index (χ1n) is 6.65. The summed E-state index contributed by atoms with van der Waals surface area (Å²) in [6, 6.07) is 12.4. The van der Waals surface area contributed by atoms with E-state index in [-0.39, 0.29) is 17.3 Å². The number of anilines is 1. The van der Waals surface area contributed by atoms with E-state index in [1.807, 2.05) is 0 Å². The zero-order chi connectivity index (χ0) is 16.9. The van der Waals surface area contributed by atoms with Gasteiger partial charge in [0.25, 0.3) is 0 Å². The normalized spacial score (nSPS) is 10.9. The molecule has 0 aliphatic heterocycles. The predicted molar refractivity (Wildman–Crippen MR) is 89.0 cm³/mol. The zero-order valence-corrected chi connectivity index (χ0v) is 14.6. The van der Waals surface area contributed by atoms with Crippen molar-refractivity contribution in [3.05, 3.63) is 53.0 Å². The van der Waals surface area contributed by atoms with Gasteiger partial charge in [-0.15, -0.1) is 0 Å². The molecule has 0 radical (unpaired) electrons. The van der Waals surface area contributed by atoms with E-state index in [0.29, 0.717) is 10.2 Å². The van der Waals surface area contributed by atoms with Crippen molar-refractivity contribution in [1.29, 1.82) is 0 Å². The van der Waals surface area contributed by atoms with E-state index in [1.165, 1.54) is 18.2 Å². The van der Waals surface area contributed by atoms with Crippen molar-refractivity contribution >= 4 is 37.8 Å². The molecule has 2 rings (SSSR count). The van der Waals surface area contributed by atoms with Gasteiger partial charge in [0.2, 0.25) is 0 Å². The SMILES string of the molecule is CCOC(=O)Nc1cccc(OS(=O)(=O)c2ccccc2Br)c1. The molecule has 0 aliphatic rings. The van der Waals surface area contributed by atoms with Gasteiger partial charge in [0, 0.05) is 16.2 Å². The molecule has 1 N–H and O–H groups in total. The molecular weight excluding hydrogens is 386 g/mol. The van der Waals surface area contributed by atoms with Gasteiger partial charge >= 0.3 is 16.2 Å². The summed E-state index contributed by atoms with van der Waals surface area (Å²) in [5.74, 6) is 0.0788. The van der Waals surface area contributed by atoms with Gasteiger partial charge in [-0.1, -0.05) is 18.2 Å². The minimum absolute atomic E-state index is 0.0174. The molecule has 0 heterocycles. The van der Waals surface area contributed by atoms with Gasteiger partial charge in [0.05, 0.1) is 6.61 Å². The van der Waals surface area contributed by atoms with Crippen LogP contribution < -0.4 is 9.50 Å². The number of halogens is 1. The van der Waals surface area contributed by atoms with Crippen LogP contribution in [0.15, 0.2) is 57.9 Å². The highest BCUT2D eigenvalue weighted by molar-refractivity contribution is 9.10. The predicted octanol–water partition coefficient (Wildman–Crippen LogP) is 3.79. The molecule has 1 amide bonds. The zero-order valence-electron chi connectivity index (χ0n) is 12.2. The highest BCUT2D eigenvalue weighted by atomic mass is 79.9. The first kappa shape index (κ1) is 17.3. The van der Waals surface area contributed by atoms with Crippen LogP contribution in [-0.2, 0) is 14.9 Å². The van der Waals surface area contributed by atoms with Crippen LogP contribution in [0, 0.1) is 0 Å². The monoisotopic (exact) mass is 399 g/mol. The molecule has 0 spiro atoms. The van der Waals surface area contributed by atoms with E-state index in [9.17, 15) is 13.2 Å². The number of carbonyl (C=O) groups excluding carboxylic acids is 1. The van der Waals surface area contributed by atoms with Crippen LogP contribution in [0.25, 0.3) is 0 Å². The Morgan fingerprint density at radius 2 is 1.91 bits per heavy atom. The third kappa shape index (κ3) is 4.70. The van der Waals surface area contributed by atoms with Crippen LogP contribution in [0.2, 0.25) is 0 Å². The van der Waals surface area contributed by atoms with E-state index in [1.54, 1.807) is 37.3 Å². The Bertz CT molecular complexity index is 807. The van der Waals surface area contributed by atoms with E-state index in [0.717, 1.165) is 0 Å². The van der Waals surface area contributed by atoms with Gasteiger partial charge in [-0.25, -0.2) is 4.79 Å². The topological polar surface area (TPSA) is 81.7 Å². The Balaban J connectivity index is 2.20. The van der Waals surface area contributed by atoms with Crippen LogP contribution >= 0.6 is 15.9 Å². The largest absolute Gasteiger partial charge is 0.450 e. The first-order chi connectivity index (χ1) is 10.9. The minimum atomic E-state index is -3.99. The third-order valence-corrected chi connectivity index (χ3v) is 4.93. The molecule has 23 heavy (non-hydrogen) atoms. The number of ether oxygens (including phenoxy) is 1. The molecule has 8 heteroatoms. The van der Waals surface area contributed by atoms with Gasteiger partial charge in [-0.3, -0.25) is 5.32 Å². The van der Waals surface area contributed by atoms with Crippen molar-refractivity contribution in [2.24, 2.45) is 0 Å². The molecule has 0 aliphatic carbocycles. The standard InChI is InChI=1S/C15H14BrNO5S/c1-2-21-15(18)17-11-6-5-7-12(10-11)22-23(19,20)14-9-4-3-8-13(14)16/h3-10H,2H2,1H3,(H,17,18). The summed E-state index contributed by atoms with van der Waals surface area (Å²) in [4.78, 5) is 11.4. The Morgan fingerprint density at radius 3 is 2.61 bits per heavy atom. The average Bonchev–Trinajstić information content (AvgIpc) is 2.47. The summed E-state index contributed by atoms with van der Waals surface area (Å²) in [5.41, 5.74) is 0.364. The van der Waals surface area contributed by atoms with Crippen LogP contribution in [0.3, 0.4) is 0 Å². The molecular formula is C15H14BrNO5S. The van der Waals surface area contributed by atoms with Gasteiger partial charge < -0.3 is 8.92 Å². The van der Waals surface area contributed by atoms with E-state index >= 15 is 0 Å². The second-order valence-corrected chi connectivity index (χ2v) is 6.71. The first-order valence-corrected chi connectivity index (χ1v) is 8.85. The number of benzene rings is 2. The van der Waals surface area contributed by atoms with Gasteiger partial charge in [-0.05, 0) is 47.1 Å². The Kier molecular flexibility index (Phi) is 5.62. The van der Waals surface area contributed by atoms with Crippen molar-refractivity contribution in [3.8, 4) is 5.75 Å². The fourth-order valence-electron chi connectivity index (χ4n) is 1.73. The Morgan fingerprint density at radius 1 is 1.17 bits per heavy atom. The van der Waals surface area contributed by atoms with Crippen molar-refractivity contribution in [1.82, 2.24) is 0 Å². The molecule has 0 bridgehead atoms. The molecule has 0 fully saturated rings. The van der Waals surface area contributed by atoms with E-state index < -0.39 is 16.2 Å². The average molecular weight is 400 g/mol. The lowest BCUT2D eigenvalue weighted by atomic mass is 10.3. The number of carbonyl (C=O) groups is 1. The smallest absolute Gasteiger partial charge is 0.411 e. The summed E-state index contributed by atoms with van der Waals surface area (Å²) in [6.45, 7) is 1.92. The number of hydrogen-bond donors (Lipinski definition) is 1. The lowest BCUT2D eigenvalue weighted by Crippen LogP contribution is -2.14. The molecule has 6 nitrogen and oxygen atoms in total. The molecule has 0 saturated heterocycles. The quantitative estimate of drug-likeness (QED) is 0.773. The van der Waals surface area contributed by atoms with Crippen molar-refractivity contribution in [2.75, 3.05) is 11.9 Å². The van der Waals surface area contributed by atoms with Crippen LogP contribution in [0.5, 0.6) is 5.75 Å². The maximum absolute atomic E-state index is 12.3. The molecule has 2 aromatic carbocycles. The third-order valence-electron chi connectivity index (χ3n) is 2.67. The van der Waals surface area contributed by atoms with Crippen molar-refractivity contribution in [2.45, 2.75) is 11.8 Å². The van der Waals surface area contributed by atoms with Crippen LogP contribution in [0.1, 0.15) is 6.92 Å². The maximum Gasteiger partial charge on any atom is 0.411 e. The molecule has 0 saturated carbocycles. The van der Waals surface area contributed by atoms with Gasteiger partial charge in [0.1, 0.15) is 10.6 Å². The Hall–Kier alpha value is -2.06. The Labute approximate surface area is 142 Å². The molecule has 0 aromatic heterocycles. The number of rotatable bonds is 5. The summed E-state index contributed by atoms with van der Waals surface area (Å²) in [6.07, 6.45) is -0.627. The molecule has 122 valence electrons. The highest BCUT2D eigenvalue weighted by Crippen LogP contribution is 2.26. The van der Waals surface area contributed by atoms with Crippen molar-refractivity contribution in [3.63, 3.8) is 0 Å². The fourth-order valence-corrected chi connectivity index (χ4v) is 3.61. The summed E-state index contributed by atoms with van der Waals surface area (Å²) in [7, 11) is -3.99. The second-order valence-electron chi connectivity index (χ2n) is 4.34. The summed E-state index contributed by atoms with van der Waals surface area (Å²) < 4.78 is 34.8. The summed E-state index contributed by atoms with van der Waals surface area (Å²) in [5, 5.41) is 2.47. The fraction of sp³-hybridized carbons (Fsp3) is 0.133. The van der Waals surface area contributed by atoms with Crippen LogP contribution in [-0.4, -0.2) is 21.1 Å². The number of hydrogen-bond acceptors (Lipinski definition) is 5. The lowest BCUT2D eigenvalue weighted by molar-refractivity contribution is 0.168. The number of amides is 1. The minimum Gasteiger partial charge on any atom is -0.450 e. The maximum atomic E-state index is 12.3. The van der Waals surface area contributed by atoms with Gasteiger partial charge in [-0.2, -0.15) is 8.42 Å². The van der Waals surface area contributed by atoms with Crippen molar-refractivity contribution < 1.29 is 22.1 Å². The molecule has 2 aromatic rings. The van der Waals surface area contributed by atoms with Crippen LogP contribution in [0.4, 0.5) is 10.5 Å². The van der Waals surface area contributed by atoms with E-state index in [4.69, 9.17) is 8.92 Å². The molecule has 0 atom stereocenters. The van der Waals surface area contributed by atoms with E-state index in [2.05, 4.69) is 21.2 Å². The second kappa shape index (κ2) is 7.47. The number of nitrogens with one attached hydrogen (secondary N) is 1. The lowest BCUT2D eigenvalue weighted by Gasteiger charge is -2.10. The highest BCUT2D eigenvalue weighted by Gasteiger charge is 2.19. The van der Waals surface area contributed by atoms with Gasteiger partial charge in [0.15, 0.2) is 0 Å².